The number of amides is 1. The molecule has 1 amide bonds. The molecule has 2 fully saturated rings. The summed E-state index contributed by atoms with van der Waals surface area (Å²) in [7, 11) is 0. The van der Waals surface area contributed by atoms with E-state index in [-0.39, 0.29) is 11.4 Å². The van der Waals surface area contributed by atoms with Gasteiger partial charge < -0.3 is 15.5 Å². The van der Waals surface area contributed by atoms with Gasteiger partial charge in [0, 0.05) is 29.2 Å². The molecule has 28 heavy (non-hydrogen) atoms. The van der Waals surface area contributed by atoms with Crippen LogP contribution in [-0.4, -0.2) is 29.0 Å². The smallest absolute Gasteiger partial charge is 0.253 e. The summed E-state index contributed by atoms with van der Waals surface area (Å²) < 4.78 is 0. The SMILES string of the molecule is O=C(c1ccc(NC(=S)NC2(c3cccs3)CCCC2)cc1)N1CCCCC1. The van der Waals surface area contributed by atoms with Crippen molar-refractivity contribution in [1.82, 2.24) is 10.2 Å². The van der Waals surface area contributed by atoms with Crippen molar-refractivity contribution in [2.24, 2.45) is 0 Å². The minimum Gasteiger partial charge on any atom is -0.352 e. The van der Waals surface area contributed by atoms with Crippen LogP contribution >= 0.6 is 23.6 Å². The van der Waals surface area contributed by atoms with Crippen LogP contribution < -0.4 is 10.6 Å². The van der Waals surface area contributed by atoms with Crippen LogP contribution in [0.15, 0.2) is 41.8 Å². The lowest BCUT2D eigenvalue weighted by Crippen LogP contribution is -2.45. The van der Waals surface area contributed by atoms with Gasteiger partial charge in [-0.2, -0.15) is 0 Å². The molecule has 2 N–H and O–H groups in total. The van der Waals surface area contributed by atoms with Gasteiger partial charge in [-0.15, -0.1) is 11.3 Å². The van der Waals surface area contributed by atoms with Gasteiger partial charge in [-0.25, -0.2) is 0 Å². The van der Waals surface area contributed by atoms with Crippen molar-refractivity contribution >= 4 is 40.3 Å². The summed E-state index contributed by atoms with van der Waals surface area (Å²) in [5, 5.41) is 9.66. The highest BCUT2D eigenvalue weighted by Crippen LogP contribution is 2.40. The molecule has 0 spiro atoms. The van der Waals surface area contributed by atoms with Crippen LogP contribution in [0.1, 0.15) is 60.2 Å². The third-order valence-corrected chi connectivity index (χ3v) is 7.11. The molecule has 1 aliphatic heterocycles. The van der Waals surface area contributed by atoms with E-state index in [2.05, 4.69) is 28.1 Å². The highest BCUT2D eigenvalue weighted by molar-refractivity contribution is 7.80. The number of nitrogens with zero attached hydrogens (tertiary/aromatic N) is 1. The highest BCUT2D eigenvalue weighted by Gasteiger charge is 2.37. The maximum absolute atomic E-state index is 12.6. The number of anilines is 1. The number of rotatable bonds is 4. The summed E-state index contributed by atoms with van der Waals surface area (Å²) in [5.74, 6) is 0.134. The average molecular weight is 414 g/mol. The first-order valence-electron chi connectivity index (χ1n) is 10.2. The predicted octanol–water partition coefficient (Wildman–Crippen LogP) is 5.13. The molecule has 1 aliphatic carbocycles. The molecule has 0 radical (unpaired) electrons. The van der Waals surface area contributed by atoms with E-state index in [0.717, 1.165) is 50.0 Å². The van der Waals surface area contributed by atoms with E-state index >= 15 is 0 Å². The number of thiophene rings is 1. The standard InChI is InChI=1S/C22H27N3OS2/c26-20(25-14-4-1-5-15-25)17-8-10-18(11-9-17)23-21(27)24-22(12-2-3-13-22)19-7-6-16-28-19/h6-11,16H,1-5,12-15H2,(H2,23,24,27). The fourth-order valence-corrected chi connectivity index (χ4v) is 5.57. The first-order valence-corrected chi connectivity index (χ1v) is 11.5. The van der Waals surface area contributed by atoms with E-state index in [4.69, 9.17) is 12.2 Å². The van der Waals surface area contributed by atoms with Crippen molar-refractivity contribution in [1.29, 1.82) is 0 Å². The highest BCUT2D eigenvalue weighted by atomic mass is 32.1. The molecular formula is C22H27N3OS2. The zero-order valence-corrected chi connectivity index (χ0v) is 17.7. The average Bonchev–Trinajstić information content (AvgIpc) is 3.41. The van der Waals surface area contributed by atoms with Crippen LogP contribution in [0.2, 0.25) is 0 Å². The Hall–Kier alpha value is -1.92. The maximum atomic E-state index is 12.6. The lowest BCUT2D eigenvalue weighted by Gasteiger charge is -2.31. The van der Waals surface area contributed by atoms with Crippen LogP contribution in [0.4, 0.5) is 5.69 Å². The minimum atomic E-state index is -0.0393. The number of carbonyl (C=O) groups excluding carboxylic acids is 1. The van der Waals surface area contributed by atoms with E-state index in [1.54, 1.807) is 11.3 Å². The number of nitrogens with one attached hydrogen (secondary N) is 2. The van der Waals surface area contributed by atoms with Crippen molar-refractivity contribution in [2.45, 2.75) is 50.5 Å². The maximum Gasteiger partial charge on any atom is 0.253 e. The van der Waals surface area contributed by atoms with Gasteiger partial charge in [0.15, 0.2) is 5.11 Å². The van der Waals surface area contributed by atoms with Gasteiger partial charge in [-0.05, 0) is 80.0 Å². The molecule has 2 heterocycles. The Labute approximate surface area is 176 Å². The molecule has 4 rings (SSSR count). The molecule has 0 atom stereocenters. The molecule has 0 unspecified atom stereocenters. The zero-order valence-electron chi connectivity index (χ0n) is 16.1. The predicted molar refractivity (Wildman–Crippen MR) is 120 cm³/mol. The van der Waals surface area contributed by atoms with E-state index in [0.29, 0.717) is 5.11 Å². The van der Waals surface area contributed by atoms with Crippen LogP contribution in [-0.2, 0) is 5.54 Å². The second-order valence-electron chi connectivity index (χ2n) is 7.78. The number of likely N-dealkylation sites (tertiary alicyclic amines) is 1. The molecule has 148 valence electrons. The Bertz CT molecular complexity index is 805. The van der Waals surface area contributed by atoms with Crippen LogP contribution in [0.25, 0.3) is 0 Å². The molecule has 4 nitrogen and oxygen atoms in total. The fourth-order valence-electron chi connectivity index (χ4n) is 4.32. The zero-order chi connectivity index (χ0) is 19.4. The molecule has 6 heteroatoms. The Morgan fingerprint density at radius 2 is 1.71 bits per heavy atom. The number of hydrogen-bond donors (Lipinski definition) is 2. The topological polar surface area (TPSA) is 44.4 Å². The quantitative estimate of drug-likeness (QED) is 0.682. The van der Waals surface area contributed by atoms with Gasteiger partial charge in [0.25, 0.3) is 5.91 Å². The summed E-state index contributed by atoms with van der Waals surface area (Å²) in [6.45, 7) is 1.75. The summed E-state index contributed by atoms with van der Waals surface area (Å²) >= 11 is 7.41. The van der Waals surface area contributed by atoms with Crippen LogP contribution in [0.5, 0.6) is 0 Å². The fraction of sp³-hybridized carbons (Fsp3) is 0.455. The Morgan fingerprint density at radius 1 is 1.00 bits per heavy atom. The Kier molecular flexibility index (Phi) is 5.97. The van der Waals surface area contributed by atoms with Crippen LogP contribution in [0, 0.1) is 0 Å². The number of carbonyl (C=O) groups is 1. The lowest BCUT2D eigenvalue weighted by atomic mass is 9.96. The summed E-state index contributed by atoms with van der Waals surface area (Å²) in [6, 6.07) is 12.0. The lowest BCUT2D eigenvalue weighted by molar-refractivity contribution is 0.0724. The first kappa shape index (κ1) is 19.4. The molecule has 1 aromatic heterocycles. The van der Waals surface area contributed by atoms with E-state index in [1.807, 2.05) is 29.2 Å². The monoisotopic (exact) mass is 413 g/mol. The third kappa shape index (κ3) is 4.23. The molecule has 1 saturated carbocycles. The van der Waals surface area contributed by atoms with Crippen LogP contribution in [0.3, 0.4) is 0 Å². The van der Waals surface area contributed by atoms with Gasteiger partial charge in [0.05, 0.1) is 5.54 Å². The van der Waals surface area contributed by atoms with Gasteiger partial charge in [0.1, 0.15) is 0 Å². The summed E-state index contributed by atoms with van der Waals surface area (Å²) in [4.78, 5) is 15.9. The Balaban J connectivity index is 1.38. The molecule has 2 aliphatic rings. The molecule has 0 bridgehead atoms. The normalized spacial score (nSPS) is 18.6. The van der Waals surface area contributed by atoms with Gasteiger partial charge in [-0.1, -0.05) is 18.9 Å². The van der Waals surface area contributed by atoms with Crippen molar-refractivity contribution < 1.29 is 4.79 Å². The Morgan fingerprint density at radius 3 is 2.36 bits per heavy atom. The van der Waals surface area contributed by atoms with Crippen molar-refractivity contribution in [3.8, 4) is 0 Å². The number of benzene rings is 1. The second kappa shape index (κ2) is 8.62. The number of thiocarbonyl (C=S) groups is 1. The first-order chi connectivity index (χ1) is 13.7. The van der Waals surface area contributed by atoms with E-state index in [1.165, 1.54) is 24.1 Å². The summed E-state index contributed by atoms with van der Waals surface area (Å²) in [5.41, 5.74) is 1.62. The van der Waals surface area contributed by atoms with Gasteiger partial charge in [0.2, 0.25) is 0 Å². The molecular weight excluding hydrogens is 386 g/mol. The molecule has 1 saturated heterocycles. The van der Waals surface area contributed by atoms with Crippen molar-refractivity contribution in [3.05, 3.63) is 52.2 Å². The van der Waals surface area contributed by atoms with Gasteiger partial charge >= 0.3 is 0 Å². The largest absolute Gasteiger partial charge is 0.352 e. The van der Waals surface area contributed by atoms with E-state index < -0.39 is 0 Å². The van der Waals surface area contributed by atoms with Crippen molar-refractivity contribution in [2.75, 3.05) is 18.4 Å². The molecule has 2 aromatic rings. The second-order valence-corrected chi connectivity index (χ2v) is 9.13. The third-order valence-electron chi connectivity index (χ3n) is 5.84. The van der Waals surface area contributed by atoms with E-state index in [9.17, 15) is 4.79 Å². The van der Waals surface area contributed by atoms with Crippen molar-refractivity contribution in [3.63, 3.8) is 0 Å². The molecule has 1 aromatic carbocycles. The van der Waals surface area contributed by atoms with Gasteiger partial charge in [-0.3, -0.25) is 4.79 Å². The number of hydrogen-bond acceptors (Lipinski definition) is 3. The minimum absolute atomic E-state index is 0.0393. The summed E-state index contributed by atoms with van der Waals surface area (Å²) in [6.07, 6.45) is 8.11. The number of piperidine rings is 1.